The van der Waals surface area contributed by atoms with Gasteiger partial charge in [0.05, 0.1) is 0 Å². The molecule has 3 nitrogen and oxygen atoms in total. The van der Waals surface area contributed by atoms with E-state index in [0.29, 0.717) is 6.54 Å². The number of nitrogens with zero attached hydrogens (tertiary/aromatic N) is 2. The zero-order chi connectivity index (χ0) is 14.1. The highest BCUT2D eigenvalue weighted by Gasteiger charge is 2.19. The van der Waals surface area contributed by atoms with Gasteiger partial charge in [-0.25, -0.2) is 4.98 Å². The standard InChI is InChI=1S/C17H21N3/c1-12-5-7-16-14(10-12)4-3-9-20(16)17-8-6-15(11-18)13(2)19-17/h5-8,10H,3-4,9,11,18H2,1-2H3. The third kappa shape index (κ3) is 2.29. The summed E-state index contributed by atoms with van der Waals surface area (Å²) in [5.74, 6) is 1.03. The Kier molecular flexibility index (Phi) is 3.45. The summed E-state index contributed by atoms with van der Waals surface area (Å²) in [7, 11) is 0. The highest BCUT2D eigenvalue weighted by molar-refractivity contribution is 5.66. The molecule has 2 N–H and O–H groups in total. The fraction of sp³-hybridized carbons (Fsp3) is 0.353. The monoisotopic (exact) mass is 267 g/mol. The number of hydrogen-bond donors (Lipinski definition) is 1. The molecule has 0 spiro atoms. The van der Waals surface area contributed by atoms with Crippen molar-refractivity contribution in [1.82, 2.24) is 4.98 Å². The van der Waals surface area contributed by atoms with E-state index in [2.05, 4.69) is 42.2 Å². The number of benzene rings is 1. The second kappa shape index (κ2) is 5.25. The van der Waals surface area contributed by atoms with Gasteiger partial charge in [0.25, 0.3) is 0 Å². The first-order valence-electron chi connectivity index (χ1n) is 7.22. The Balaban J connectivity index is 2.02. The van der Waals surface area contributed by atoms with Crippen LogP contribution in [0.5, 0.6) is 0 Å². The molecule has 104 valence electrons. The van der Waals surface area contributed by atoms with Crippen LogP contribution in [0, 0.1) is 13.8 Å². The fourth-order valence-corrected chi connectivity index (χ4v) is 2.91. The summed E-state index contributed by atoms with van der Waals surface area (Å²) in [4.78, 5) is 7.06. The Labute approximate surface area is 120 Å². The number of pyridine rings is 1. The van der Waals surface area contributed by atoms with Crippen molar-refractivity contribution >= 4 is 11.5 Å². The molecule has 3 heteroatoms. The van der Waals surface area contributed by atoms with E-state index in [9.17, 15) is 0 Å². The normalized spacial score (nSPS) is 14.2. The van der Waals surface area contributed by atoms with Crippen LogP contribution >= 0.6 is 0 Å². The SMILES string of the molecule is Cc1ccc2c(c1)CCCN2c1ccc(CN)c(C)n1. The number of rotatable bonds is 2. The first kappa shape index (κ1) is 13.1. The molecule has 0 unspecified atom stereocenters. The fourth-order valence-electron chi connectivity index (χ4n) is 2.91. The average molecular weight is 267 g/mol. The molecule has 2 aromatic rings. The summed E-state index contributed by atoms with van der Waals surface area (Å²) in [6, 6.07) is 10.9. The smallest absolute Gasteiger partial charge is 0.133 e. The number of aryl methyl sites for hydroxylation is 3. The van der Waals surface area contributed by atoms with Gasteiger partial charge in [-0.2, -0.15) is 0 Å². The maximum atomic E-state index is 5.72. The maximum absolute atomic E-state index is 5.72. The predicted molar refractivity (Wildman–Crippen MR) is 83.4 cm³/mol. The summed E-state index contributed by atoms with van der Waals surface area (Å²) >= 11 is 0. The second-order valence-corrected chi connectivity index (χ2v) is 5.51. The Hall–Kier alpha value is -1.87. The Morgan fingerprint density at radius 3 is 2.80 bits per heavy atom. The molecule has 0 aliphatic carbocycles. The largest absolute Gasteiger partial charge is 0.326 e. The van der Waals surface area contributed by atoms with Crippen LogP contribution in [0.4, 0.5) is 11.5 Å². The van der Waals surface area contributed by atoms with Crippen LogP contribution in [0.15, 0.2) is 30.3 Å². The molecule has 0 fully saturated rings. The lowest BCUT2D eigenvalue weighted by molar-refractivity contribution is 0.757. The van der Waals surface area contributed by atoms with E-state index in [1.807, 2.05) is 6.92 Å². The van der Waals surface area contributed by atoms with Crippen molar-refractivity contribution in [3.05, 3.63) is 52.7 Å². The number of anilines is 2. The van der Waals surface area contributed by atoms with Gasteiger partial charge in [0.2, 0.25) is 0 Å². The molecule has 0 radical (unpaired) electrons. The molecule has 3 rings (SSSR count). The van der Waals surface area contributed by atoms with Crippen molar-refractivity contribution in [2.75, 3.05) is 11.4 Å². The van der Waals surface area contributed by atoms with E-state index in [1.54, 1.807) is 0 Å². The molecule has 20 heavy (non-hydrogen) atoms. The van der Waals surface area contributed by atoms with Crippen LogP contribution in [-0.4, -0.2) is 11.5 Å². The number of nitrogens with two attached hydrogens (primary N) is 1. The quantitative estimate of drug-likeness (QED) is 0.908. The molecule has 1 aromatic heterocycles. The molecule has 2 heterocycles. The maximum Gasteiger partial charge on any atom is 0.133 e. The van der Waals surface area contributed by atoms with Crippen LogP contribution < -0.4 is 10.6 Å². The van der Waals surface area contributed by atoms with Crippen LogP contribution in [0.3, 0.4) is 0 Å². The third-order valence-electron chi connectivity index (χ3n) is 4.03. The number of aromatic nitrogens is 1. The van der Waals surface area contributed by atoms with Crippen LogP contribution in [0.2, 0.25) is 0 Å². The topological polar surface area (TPSA) is 42.1 Å². The lowest BCUT2D eigenvalue weighted by Crippen LogP contribution is -2.25. The van der Waals surface area contributed by atoms with E-state index < -0.39 is 0 Å². The minimum atomic E-state index is 0.550. The summed E-state index contributed by atoms with van der Waals surface area (Å²) in [5, 5.41) is 0. The van der Waals surface area contributed by atoms with Crippen LogP contribution in [0.1, 0.15) is 28.8 Å². The molecule has 0 saturated carbocycles. The highest BCUT2D eigenvalue weighted by atomic mass is 15.2. The Bertz CT molecular complexity index is 634. The zero-order valence-corrected chi connectivity index (χ0v) is 12.2. The molecular weight excluding hydrogens is 246 g/mol. The first-order valence-corrected chi connectivity index (χ1v) is 7.22. The van der Waals surface area contributed by atoms with Gasteiger partial charge in [0.1, 0.15) is 5.82 Å². The van der Waals surface area contributed by atoms with Gasteiger partial charge in [-0.05, 0) is 49.9 Å². The van der Waals surface area contributed by atoms with Crippen molar-refractivity contribution in [2.45, 2.75) is 33.2 Å². The molecule has 0 amide bonds. The number of fused-ring (bicyclic) bond motifs is 1. The summed E-state index contributed by atoms with van der Waals surface area (Å²) in [6.45, 7) is 5.77. The van der Waals surface area contributed by atoms with E-state index >= 15 is 0 Å². The van der Waals surface area contributed by atoms with Gasteiger partial charge in [0, 0.05) is 24.5 Å². The van der Waals surface area contributed by atoms with Gasteiger partial charge in [-0.1, -0.05) is 23.8 Å². The van der Waals surface area contributed by atoms with Crippen molar-refractivity contribution < 1.29 is 0 Å². The van der Waals surface area contributed by atoms with Gasteiger partial charge >= 0.3 is 0 Å². The van der Waals surface area contributed by atoms with Crippen molar-refractivity contribution in [3.8, 4) is 0 Å². The van der Waals surface area contributed by atoms with E-state index in [-0.39, 0.29) is 0 Å². The van der Waals surface area contributed by atoms with Crippen molar-refractivity contribution in [3.63, 3.8) is 0 Å². The van der Waals surface area contributed by atoms with Gasteiger partial charge in [0.15, 0.2) is 0 Å². The third-order valence-corrected chi connectivity index (χ3v) is 4.03. The van der Waals surface area contributed by atoms with Crippen molar-refractivity contribution in [2.24, 2.45) is 5.73 Å². The molecule has 1 aromatic carbocycles. The Morgan fingerprint density at radius 1 is 1.20 bits per heavy atom. The Morgan fingerprint density at radius 2 is 2.05 bits per heavy atom. The molecule has 1 aliphatic rings. The summed E-state index contributed by atoms with van der Waals surface area (Å²) < 4.78 is 0. The lowest BCUT2D eigenvalue weighted by Gasteiger charge is -2.31. The van der Waals surface area contributed by atoms with Crippen LogP contribution in [0.25, 0.3) is 0 Å². The number of hydrogen-bond acceptors (Lipinski definition) is 3. The van der Waals surface area contributed by atoms with Gasteiger partial charge in [-0.3, -0.25) is 0 Å². The zero-order valence-electron chi connectivity index (χ0n) is 12.2. The molecule has 0 saturated heterocycles. The summed E-state index contributed by atoms with van der Waals surface area (Å²) in [6.07, 6.45) is 2.34. The molecule has 0 atom stereocenters. The summed E-state index contributed by atoms with van der Waals surface area (Å²) in [5.41, 5.74) is 11.9. The van der Waals surface area contributed by atoms with E-state index in [0.717, 1.165) is 30.0 Å². The van der Waals surface area contributed by atoms with Crippen molar-refractivity contribution in [1.29, 1.82) is 0 Å². The van der Waals surface area contributed by atoms with Gasteiger partial charge in [-0.15, -0.1) is 0 Å². The van der Waals surface area contributed by atoms with Gasteiger partial charge < -0.3 is 10.6 Å². The lowest BCUT2D eigenvalue weighted by atomic mass is 9.99. The predicted octanol–water partition coefficient (Wildman–Crippen LogP) is 3.24. The van der Waals surface area contributed by atoms with E-state index in [4.69, 9.17) is 10.7 Å². The average Bonchev–Trinajstić information content (AvgIpc) is 2.46. The van der Waals surface area contributed by atoms with Crippen LogP contribution in [-0.2, 0) is 13.0 Å². The minimum Gasteiger partial charge on any atom is -0.326 e. The van der Waals surface area contributed by atoms with E-state index in [1.165, 1.54) is 23.2 Å². The second-order valence-electron chi connectivity index (χ2n) is 5.51. The minimum absolute atomic E-state index is 0.550. The molecular formula is C17H21N3. The molecule has 1 aliphatic heterocycles. The highest BCUT2D eigenvalue weighted by Crippen LogP contribution is 2.33. The molecule has 0 bridgehead atoms. The first-order chi connectivity index (χ1) is 9.69.